The Bertz CT molecular complexity index is 1680. The maximum atomic E-state index is 14.2. The largest absolute Gasteiger partial charge is 0.497 e. The van der Waals surface area contributed by atoms with Crippen LogP contribution in [0.3, 0.4) is 0 Å². The normalized spacial score (nSPS) is 23.3. The van der Waals surface area contributed by atoms with Gasteiger partial charge in [0.25, 0.3) is 5.91 Å². The van der Waals surface area contributed by atoms with E-state index >= 15 is 0 Å². The van der Waals surface area contributed by atoms with Gasteiger partial charge in [-0.15, -0.1) is 0 Å². The highest BCUT2D eigenvalue weighted by atomic mass is 28.3. The van der Waals surface area contributed by atoms with Crippen molar-refractivity contribution in [2.45, 2.75) is 50.1 Å². The van der Waals surface area contributed by atoms with E-state index in [4.69, 9.17) is 9.47 Å². The molecule has 4 atom stereocenters. The molecule has 0 saturated carbocycles. The Morgan fingerprint density at radius 2 is 1.88 bits per heavy atom. The number of hydrogen-bond donors (Lipinski definition) is 3. The van der Waals surface area contributed by atoms with Crippen LogP contribution in [0.1, 0.15) is 24.5 Å². The minimum absolute atomic E-state index is 0.0299. The summed E-state index contributed by atoms with van der Waals surface area (Å²) in [6.45, 7) is 6.71. The van der Waals surface area contributed by atoms with Crippen LogP contribution in [0.15, 0.2) is 72.9 Å². The summed E-state index contributed by atoms with van der Waals surface area (Å²) in [4.78, 5) is 32.2. The van der Waals surface area contributed by atoms with E-state index < -0.39 is 13.7 Å². The number of benzene rings is 3. The number of ether oxygens (including phenoxy) is 2. The van der Waals surface area contributed by atoms with Crippen molar-refractivity contribution < 1.29 is 24.2 Å². The predicted octanol–water partition coefficient (Wildman–Crippen LogP) is 4.93. The SMILES string of the molecule is COc1ccc([Si](C)(C)[C@@H]2[C@@H](CCO)O[C@]3(C(=O)N(C)c4ccc(NC(=O)Cc5c[nH]c6ccccc56)cc43)[C@H]2C)cc1. The van der Waals surface area contributed by atoms with Crippen LogP contribution in [-0.2, 0) is 26.3 Å². The lowest BCUT2D eigenvalue weighted by Crippen LogP contribution is -2.51. The van der Waals surface area contributed by atoms with Crippen molar-refractivity contribution in [3.8, 4) is 5.75 Å². The van der Waals surface area contributed by atoms with Crippen LogP contribution in [-0.4, -0.2) is 56.8 Å². The number of para-hydroxylation sites is 1. The Hall–Kier alpha value is -3.92. The van der Waals surface area contributed by atoms with Gasteiger partial charge in [0.1, 0.15) is 5.75 Å². The summed E-state index contributed by atoms with van der Waals surface area (Å²) in [7, 11) is 1.19. The van der Waals surface area contributed by atoms with Crippen LogP contribution in [0.4, 0.5) is 11.4 Å². The first kappa shape index (κ1) is 29.2. The van der Waals surface area contributed by atoms with Crippen LogP contribution in [0, 0.1) is 5.92 Å². The summed E-state index contributed by atoms with van der Waals surface area (Å²) in [5.74, 6) is 0.387. The number of rotatable bonds is 8. The topological polar surface area (TPSA) is 104 Å². The summed E-state index contributed by atoms with van der Waals surface area (Å²) in [5, 5.41) is 15.4. The van der Waals surface area contributed by atoms with E-state index in [0.29, 0.717) is 12.1 Å². The molecule has 2 aliphatic heterocycles. The molecule has 8 nitrogen and oxygen atoms in total. The molecule has 4 aromatic rings. The average Bonchev–Trinajstić information content (AvgIpc) is 3.61. The Morgan fingerprint density at radius 3 is 2.60 bits per heavy atom. The molecule has 3 aromatic carbocycles. The molecule has 3 heterocycles. The van der Waals surface area contributed by atoms with Crippen LogP contribution in [0.2, 0.25) is 18.6 Å². The third-order valence-corrected chi connectivity index (χ3v) is 14.0. The summed E-state index contributed by atoms with van der Waals surface area (Å²) in [6.07, 6.45) is 2.24. The summed E-state index contributed by atoms with van der Waals surface area (Å²) < 4.78 is 12.3. The number of likely N-dealkylation sites (N-methyl/N-ethyl adjacent to an activating group) is 1. The number of anilines is 2. The van der Waals surface area contributed by atoms with Crippen LogP contribution in [0.25, 0.3) is 10.9 Å². The van der Waals surface area contributed by atoms with Crippen molar-refractivity contribution in [1.29, 1.82) is 0 Å². The number of aliphatic hydroxyl groups is 1. The molecule has 43 heavy (non-hydrogen) atoms. The average molecular weight is 598 g/mol. The molecule has 1 fully saturated rings. The summed E-state index contributed by atoms with van der Waals surface area (Å²) in [6, 6.07) is 21.8. The van der Waals surface area contributed by atoms with Crippen molar-refractivity contribution >= 4 is 47.4 Å². The van der Waals surface area contributed by atoms with Crippen LogP contribution >= 0.6 is 0 Å². The molecule has 2 amide bonds. The fourth-order valence-electron chi connectivity index (χ4n) is 7.55. The zero-order chi connectivity index (χ0) is 30.5. The highest BCUT2D eigenvalue weighted by Crippen LogP contribution is 2.59. The standard InChI is InChI=1S/C34H39N3O5Si/c1-21-32(43(4,5)25-13-11-24(41-3)12-14-25)30(16-17-38)42-34(21)27-19-23(10-15-29(27)37(2)33(34)40)36-31(39)18-22-20-35-28-9-7-6-8-26(22)28/h6-15,19-21,30,32,35,38H,16-18H2,1-5H3,(H,36,39)/t21-,30+,32-,34+/m0/s1. The monoisotopic (exact) mass is 597 g/mol. The van der Waals surface area contributed by atoms with E-state index in [0.717, 1.165) is 33.5 Å². The molecule has 1 saturated heterocycles. The summed E-state index contributed by atoms with van der Waals surface area (Å²) >= 11 is 0. The minimum Gasteiger partial charge on any atom is -0.497 e. The number of hydrogen-bond acceptors (Lipinski definition) is 5. The van der Waals surface area contributed by atoms with Gasteiger partial charge in [-0.3, -0.25) is 9.59 Å². The lowest BCUT2D eigenvalue weighted by Gasteiger charge is -2.37. The van der Waals surface area contributed by atoms with Gasteiger partial charge in [0.05, 0.1) is 33.4 Å². The number of amides is 2. The van der Waals surface area contributed by atoms with Gasteiger partial charge in [-0.05, 0) is 53.9 Å². The van der Waals surface area contributed by atoms with E-state index in [9.17, 15) is 14.7 Å². The number of carbonyl (C=O) groups excluding carboxylic acids is 2. The molecule has 0 radical (unpaired) electrons. The number of aromatic amines is 1. The van der Waals surface area contributed by atoms with Crippen molar-refractivity contribution in [2.24, 2.45) is 5.92 Å². The quantitative estimate of drug-likeness (QED) is 0.250. The zero-order valence-corrected chi connectivity index (χ0v) is 26.3. The number of methoxy groups -OCH3 is 1. The van der Waals surface area contributed by atoms with Crippen LogP contribution in [0.5, 0.6) is 5.75 Å². The third kappa shape index (κ3) is 4.66. The highest BCUT2D eigenvalue weighted by Gasteiger charge is 2.65. The number of nitrogens with one attached hydrogen (secondary N) is 2. The first-order valence-electron chi connectivity index (χ1n) is 14.8. The maximum Gasteiger partial charge on any atom is 0.264 e. The second-order valence-electron chi connectivity index (χ2n) is 12.3. The molecule has 9 heteroatoms. The first-order valence-corrected chi connectivity index (χ1v) is 17.9. The molecule has 6 rings (SSSR count). The van der Waals surface area contributed by atoms with Gasteiger partial charge in [0.15, 0.2) is 5.60 Å². The van der Waals surface area contributed by atoms with E-state index in [-0.39, 0.29) is 42.4 Å². The summed E-state index contributed by atoms with van der Waals surface area (Å²) in [5.41, 5.74) is 2.93. The fraction of sp³-hybridized carbons (Fsp3) is 0.353. The minimum atomic E-state index is -2.25. The molecule has 224 valence electrons. The van der Waals surface area contributed by atoms with Crippen molar-refractivity contribution in [1.82, 2.24) is 4.98 Å². The highest BCUT2D eigenvalue weighted by molar-refractivity contribution is 6.91. The van der Waals surface area contributed by atoms with Gasteiger partial charge < -0.3 is 29.8 Å². The number of H-pyrrole nitrogens is 1. The second kappa shape index (κ2) is 11.0. The van der Waals surface area contributed by atoms with Gasteiger partial charge >= 0.3 is 0 Å². The molecular formula is C34H39N3O5Si. The number of aliphatic hydroxyl groups excluding tert-OH is 1. The lowest BCUT2D eigenvalue weighted by molar-refractivity contribution is -0.145. The van der Waals surface area contributed by atoms with Crippen molar-refractivity contribution in [3.05, 3.63) is 84.1 Å². The first-order chi connectivity index (χ1) is 20.6. The molecular weight excluding hydrogens is 558 g/mol. The maximum absolute atomic E-state index is 14.2. The van der Waals surface area contributed by atoms with E-state index in [1.54, 1.807) is 19.1 Å². The Labute approximate surface area is 253 Å². The van der Waals surface area contributed by atoms with Crippen molar-refractivity contribution in [2.75, 3.05) is 31.0 Å². The van der Waals surface area contributed by atoms with E-state index in [2.05, 4.69) is 42.5 Å². The zero-order valence-electron chi connectivity index (χ0n) is 25.3. The number of nitrogens with zero attached hydrogens (tertiary/aromatic N) is 1. The number of fused-ring (bicyclic) bond motifs is 3. The molecule has 0 unspecified atom stereocenters. The molecule has 3 N–H and O–H groups in total. The van der Waals surface area contributed by atoms with Crippen molar-refractivity contribution in [3.63, 3.8) is 0 Å². The van der Waals surface area contributed by atoms with E-state index in [1.165, 1.54) is 5.19 Å². The Kier molecular flexibility index (Phi) is 7.44. The smallest absolute Gasteiger partial charge is 0.264 e. The molecule has 1 spiro atoms. The van der Waals surface area contributed by atoms with Gasteiger partial charge in [0.2, 0.25) is 5.91 Å². The number of carbonyl (C=O) groups is 2. The van der Waals surface area contributed by atoms with Gasteiger partial charge in [-0.1, -0.05) is 55.5 Å². The van der Waals surface area contributed by atoms with E-state index in [1.807, 2.05) is 60.8 Å². The van der Waals surface area contributed by atoms with Gasteiger partial charge in [-0.2, -0.15) is 0 Å². The molecule has 2 aliphatic rings. The van der Waals surface area contributed by atoms with Crippen LogP contribution < -0.4 is 20.1 Å². The molecule has 1 aromatic heterocycles. The van der Waals surface area contributed by atoms with Gasteiger partial charge in [0, 0.05) is 47.9 Å². The van der Waals surface area contributed by atoms with Gasteiger partial charge in [-0.25, -0.2) is 0 Å². The second-order valence-corrected chi connectivity index (χ2v) is 17.0. The third-order valence-electron chi connectivity index (χ3n) is 9.69. The lowest BCUT2D eigenvalue weighted by atomic mass is 9.82. The Morgan fingerprint density at radius 1 is 1.14 bits per heavy atom. The molecule has 0 aliphatic carbocycles. The number of aromatic nitrogens is 1. The molecule has 0 bridgehead atoms. The predicted molar refractivity (Wildman–Crippen MR) is 172 cm³/mol. The fourth-order valence-corrected chi connectivity index (χ4v) is 11.6. The Balaban J connectivity index is 1.34.